The van der Waals surface area contributed by atoms with E-state index in [1.54, 1.807) is 0 Å². The van der Waals surface area contributed by atoms with Gasteiger partial charge in [-0.15, -0.1) is 0 Å². The Morgan fingerprint density at radius 2 is 2.00 bits per heavy atom. The number of aliphatic imine (C=N–C) groups is 1. The Morgan fingerprint density at radius 3 is 2.60 bits per heavy atom. The molecule has 3 heteroatoms. The molecule has 0 unspecified atom stereocenters. The van der Waals surface area contributed by atoms with Gasteiger partial charge in [-0.1, -0.05) is 6.92 Å². The van der Waals surface area contributed by atoms with Gasteiger partial charge < -0.3 is 9.64 Å². The molecule has 1 aliphatic carbocycles. The molecule has 1 fully saturated rings. The molecule has 0 radical (unpaired) electrons. The quantitative estimate of drug-likeness (QED) is 0.576. The van der Waals surface area contributed by atoms with E-state index in [1.807, 2.05) is 13.4 Å². The molecule has 110 valence electrons. The minimum Gasteiger partial charge on any atom is -0.493 e. The summed E-state index contributed by atoms with van der Waals surface area (Å²) in [4.78, 5) is 6.61. The average molecular weight is 274 g/mol. The van der Waals surface area contributed by atoms with Crippen LogP contribution in [0.4, 0.5) is 5.69 Å². The van der Waals surface area contributed by atoms with Crippen molar-refractivity contribution in [3.63, 3.8) is 0 Å². The van der Waals surface area contributed by atoms with Crippen molar-refractivity contribution in [3.05, 3.63) is 23.3 Å². The zero-order valence-electron chi connectivity index (χ0n) is 13.4. The Morgan fingerprint density at radius 1 is 1.30 bits per heavy atom. The second-order valence-corrected chi connectivity index (χ2v) is 6.32. The van der Waals surface area contributed by atoms with Gasteiger partial charge in [-0.2, -0.15) is 0 Å². The van der Waals surface area contributed by atoms with Gasteiger partial charge >= 0.3 is 0 Å². The van der Waals surface area contributed by atoms with Crippen molar-refractivity contribution in [1.29, 1.82) is 0 Å². The van der Waals surface area contributed by atoms with Gasteiger partial charge in [0, 0.05) is 19.0 Å². The standard InChI is InChI=1S/C17H26N2O/c1-6-19(5)12-18-15-9-14(3)16(10-13(15)2)20-11-17(4)7-8-17/h9-10,12H,6-8,11H2,1-5H3/b18-12+. The van der Waals surface area contributed by atoms with Crippen LogP contribution in [0.2, 0.25) is 0 Å². The molecule has 0 bridgehead atoms. The molecule has 0 aliphatic heterocycles. The molecule has 0 aromatic heterocycles. The summed E-state index contributed by atoms with van der Waals surface area (Å²) in [6.07, 6.45) is 4.46. The van der Waals surface area contributed by atoms with E-state index in [0.29, 0.717) is 5.41 Å². The van der Waals surface area contributed by atoms with Crippen molar-refractivity contribution < 1.29 is 4.74 Å². The fourth-order valence-corrected chi connectivity index (χ4v) is 1.92. The highest BCUT2D eigenvalue weighted by atomic mass is 16.5. The lowest BCUT2D eigenvalue weighted by Crippen LogP contribution is -2.14. The Bertz CT molecular complexity index is 504. The van der Waals surface area contributed by atoms with Crippen LogP contribution in [-0.2, 0) is 0 Å². The topological polar surface area (TPSA) is 24.8 Å². The number of hydrogen-bond donors (Lipinski definition) is 0. The number of rotatable bonds is 6. The first-order valence-electron chi connectivity index (χ1n) is 7.42. The Balaban J connectivity index is 2.09. The molecule has 0 N–H and O–H groups in total. The average Bonchev–Trinajstić information content (AvgIpc) is 3.15. The van der Waals surface area contributed by atoms with Crippen LogP contribution in [0.25, 0.3) is 0 Å². The zero-order valence-corrected chi connectivity index (χ0v) is 13.4. The van der Waals surface area contributed by atoms with E-state index in [0.717, 1.165) is 35.7 Å². The Labute approximate surface area is 122 Å². The molecular weight excluding hydrogens is 248 g/mol. The largest absolute Gasteiger partial charge is 0.493 e. The van der Waals surface area contributed by atoms with Gasteiger partial charge in [0.25, 0.3) is 0 Å². The summed E-state index contributed by atoms with van der Waals surface area (Å²) in [5, 5.41) is 0. The van der Waals surface area contributed by atoms with Crippen molar-refractivity contribution in [2.24, 2.45) is 10.4 Å². The molecular formula is C17H26N2O. The summed E-state index contributed by atoms with van der Waals surface area (Å²) in [5.41, 5.74) is 3.76. The molecule has 20 heavy (non-hydrogen) atoms. The van der Waals surface area contributed by atoms with Crippen LogP contribution < -0.4 is 4.74 Å². The van der Waals surface area contributed by atoms with Gasteiger partial charge in [-0.25, -0.2) is 4.99 Å². The van der Waals surface area contributed by atoms with Gasteiger partial charge in [-0.05, 0) is 56.9 Å². The molecule has 3 nitrogen and oxygen atoms in total. The molecule has 1 aromatic rings. The molecule has 1 aliphatic rings. The van der Waals surface area contributed by atoms with Gasteiger partial charge in [0.1, 0.15) is 5.75 Å². The van der Waals surface area contributed by atoms with Crippen molar-refractivity contribution >= 4 is 12.0 Å². The summed E-state index contributed by atoms with van der Waals surface area (Å²) in [6, 6.07) is 4.22. The molecule has 2 rings (SSSR count). The van der Waals surface area contributed by atoms with E-state index in [1.165, 1.54) is 12.8 Å². The van der Waals surface area contributed by atoms with Crippen LogP contribution in [-0.4, -0.2) is 31.4 Å². The number of ether oxygens (including phenoxy) is 1. The lowest BCUT2D eigenvalue weighted by molar-refractivity contribution is 0.246. The van der Waals surface area contributed by atoms with Crippen molar-refractivity contribution in [2.45, 2.75) is 40.5 Å². The van der Waals surface area contributed by atoms with E-state index in [4.69, 9.17) is 4.74 Å². The highest BCUT2D eigenvalue weighted by molar-refractivity contribution is 5.64. The second-order valence-electron chi connectivity index (χ2n) is 6.32. The number of hydrogen-bond acceptors (Lipinski definition) is 2. The predicted molar refractivity (Wildman–Crippen MR) is 85.2 cm³/mol. The first kappa shape index (κ1) is 14.9. The lowest BCUT2D eigenvalue weighted by Gasteiger charge is -2.15. The van der Waals surface area contributed by atoms with E-state index in [-0.39, 0.29) is 0 Å². The molecule has 1 aromatic carbocycles. The normalized spacial score (nSPS) is 16.4. The minimum atomic E-state index is 0.418. The Hall–Kier alpha value is -1.51. The second kappa shape index (κ2) is 5.86. The smallest absolute Gasteiger partial charge is 0.122 e. The van der Waals surface area contributed by atoms with Gasteiger partial charge in [0.05, 0.1) is 18.6 Å². The van der Waals surface area contributed by atoms with E-state index in [2.05, 4.69) is 49.7 Å². The number of aryl methyl sites for hydroxylation is 2. The fraction of sp³-hybridized carbons (Fsp3) is 0.588. The minimum absolute atomic E-state index is 0.418. The molecule has 0 spiro atoms. The SMILES string of the molecule is CCN(C)/C=N/c1cc(C)c(OCC2(C)CC2)cc1C. The number of nitrogens with zero attached hydrogens (tertiary/aromatic N) is 2. The summed E-state index contributed by atoms with van der Waals surface area (Å²) >= 11 is 0. The van der Waals surface area contributed by atoms with Crippen molar-refractivity contribution in [2.75, 3.05) is 20.2 Å². The summed E-state index contributed by atoms with van der Waals surface area (Å²) in [7, 11) is 2.03. The molecule has 0 atom stereocenters. The molecule has 1 saturated carbocycles. The van der Waals surface area contributed by atoms with E-state index < -0.39 is 0 Å². The maximum Gasteiger partial charge on any atom is 0.122 e. The van der Waals surface area contributed by atoms with Crippen LogP contribution in [0.1, 0.15) is 37.8 Å². The van der Waals surface area contributed by atoms with Gasteiger partial charge in [0.15, 0.2) is 0 Å². The van der Waals surface area contributed by atoms with Gasteiger partial charge in [0.2, 0.25) is 0 Å². The molecule has 0 heterocycles. The van der Waals surface area contributed by atoms with Crippen LogP contribution in [0.3, 0.4) is 0 Å². The molecule has 0 amide bonds. The fourth-order valence-electron chi connectivity index (χ4n) is 1.92. The van der Waals surface area contributed by atoms with Crippen molar-refractivity contribution in [1.82, 2.24) is 4.90 Å². The third-order valence-corrected chi connectivity index (χ3v) is 4.07. The third kappa shape index (κ3) is 3.75. The van der Waals surface area contributed by atoms with Crippen molar-refractivity contribution in [3.8, 4) is 5.75 Å². The lowest BCUT2D eigenvalue weighted by atomic mass is 10.1. The van der Waals surface area contributed by atoms with Crippen LogP contribution in [0.15, 0.2) is 17.1 Å². The number of benzene rings is 1. The van der Waals surface area contributed by atoms with Gasteiger partial charge in [-0.3, -0.25) is 0 Å². The van der Waals surface area contributed by atoms with Crippen LogP contribution >= 0.6 is 0 Å². The monoisotopic (exact) mass is 274 g/mol. The highest BCUT2D eigenvalue weighted by Gasteiger charge is 2.38. The predicted octanol–water partition coefficient (Wildman–Crippen LogP) is 4.09. The first-order valence-corrected chi connectivity index (χ1v) is 7.42. The first-order chi connectivity index (χ1) is 9.43. The maximum atomic E-state index is 5.98. The maximum absolute atomic E-state index is 5.98. The van der Waals surface area contributed by atoms with Crippen LogP contribution in [0, 0.1) is 19.3 Å². The van der Waals surface area contributed by atoms with Crippen LogP contribution in [0.5, 0.6) is 5.75 Å². The van der Waals surface area contributed by atoms with E-state index in [9.17, 15) is 0 Å². The molecule has 0 saturated heterocycles. The zero-order chi connectivity index (χ0) is 14.8. The van der Waals surface area contributed by atoms with E-state index >= 15 is 0 Å². The summed E-state index contributed by atoms with van der Waals surface area (Å²) < 4.78 is 5.98. The summed E-state index contributed by atoms with van der Waals surface area (Å²) in [6.45, 7) is 10.4. The Kier molecular flexibility index (Phi) is 4.36. The summed E-state index contributed by atoms with van der Waals surface area (Å²) in [5.74, 6) is 0.999. The highest BCUT2D eigenvalue weighted by Crippen LogP contribution is 2.45. The third-order valence-electron chi connectivity index (χ3n) is 4.07.